The van der Waals surface area contributed by atoms with Crippen molar-refractivity contribution in [2.24, 2.45) is 5.73 Å². The zero-order valence-corrected chi connectivity index (χ0v) is 18.6. The summed E-state index contributed by atoms with van der Waals surface area (Å²) in [5.41, 5.74) is 9.32. The molecule has 2 N–H and O–H groups in total. The van der Waals surface area contributed by atoms with Gasteiger partial charge in [0.15, 0.2) is 0 Å². The van der Waals surface area contributed by atoms with E-state index in [1.165, 1.54) is 16.7 Å². The van der Waals surface area contributed by atoms with E-state index in [9.17, 15) is 9.59 Å². The minimum Gasteiger partial charge on any atom is -0.369 e. The molecule has 0 atom stereocenters. The van der Waals surface area contributed by atoms with Crippen molar-refractivity contribution in [2.45, 2.75) is 52.0 Å². The van der Waals surface area contributed by atoms with Crippen LogP contribution < -0.4 is 5.73 Å². The fourth-order valence-electron chi connectivity index (χ4n) is 4.78. The number of benzene rings is 1. The highest BCUT2D eigenvalue weighted by Crippen LogP contribution is 2.19. The molecule has 0 aromatic heterocycles. The molecule has 30 heavy (non-hydrogen) atoms. The molecule has 0 bridgehead atoms. The van der Waals surface area contributed by atoms with Crippen molar-refractivity contribution in [1.82, 2.24) is 14.7 Å². The lowest BCUT2D eigenvalue weighted by molar-refractivity contribution is -0.129. The van der Waals surface area contributed by atoms with Crippen LogP contribution in [0.5, 0.6) is 0 Å². The van der Waals surface area contributed by atoms with Crippen LogP contribution in [0.1, 0.15) is 43.4 Å². The molecule has 2 amide bonds. The number of rotatable bonds is 8. The molecular formula is C24H37N4O2. The van der Waals surface area contributed by atoms with E-state index in [0.29, 0.717) is 19.0 Å². The number of aryl methyl sites for hydroxylation is 2. The van der Waals surface area contributed by atoms with E-state index in [4.69, 9.17) is 5.73 Å². The average molecular weight is 414 g/mol. The average Bonchev–Trinajstić information content (AvgIpc) is 2.77. The molecule has 1 aromatic carbocycles. The molecule has 2 fully saturated rings. The SMILES string of the molecule is CCc1ccc(C[CH]C(=O)N2CCN(C3CCN(CC(N)=O)CC3)CC2)cc1CC. The van der Waals surface area contributed by atoms with Crippen molar-refractivity contribution < 1.29 is 9.59 Å². The fraction of sp³-hybridized carbons (Fsp3) is 0.625. The van der Waals surface area contributed by atoms with Crippen LogP contribution in [0.4, 0.5) is 0 Å². The largest absolute Gasteiger partial charge is 0.369 e. The van der Waals surface area contributed by atoms with Gasteiger partial charge in [-0.3, -0.25) is 19.4 Å². The van der Waals surface area contributed by atoms with Crippen molar-refractivity contribution in [2.75, 3.05) is 45.8 Å². The molecule has 1 radical (unpaired) electrons. The van der Waals surface area contributed by atoms with Gasteiger partial charge in [0.1, 0.15) is 0 Å². The smallest absolute Gasteiger partial charge is 0.231 e. The Morgan fingerprint density at radius 3 is 2.27 bits per heavy atom. The normalized spacial score (nSPS) is 19.2. The molecule has 2 aliphatic heterocycles. The molecule has 0 aliphatic carbocycles. The second-order valence-electron chi connectivity index (χ2n) is 8.55. The number of primary amides is 1. The third-order valence-corrected chi connectivity index (χ3v) is 6.62. The molecule has 0 saturated carbocycles. The maximum absolute atomic E-state index is 12.7. The predicted molar refractivity (Wildman–Crippen MR) is 120 cm³/mol. The van der Waals surface area contributed by atoms with Crippen LogP contribution >= 0.6 is 0 Å². The molecule has 2 saturated heterocycles. The monoisotopic (exact) mass is 413 g/mol. The molecule has 0 unspecified atom stereocenters. The summed E-state index contributed by atoms with van der Waals surface area (Å²) in [6, 6.07) is 7.18. The first-order valence-corrected chi connectivity index (χ1v) is 11.5. The van der Waals surface area contributed by atoms with Gasteiger partial charge < -0.3 is 10.6 Å². The first-order chi connectivity index (χ1) is 14.5. The van der Waals surface area contributed by atoms with Gasteiger partial charge in [-0.15, -0.1) is 0 Å². The number of piperidine rings is 1. The Balaban J connectivity index is 1.41. The zero-order chi connectivity index (χ0) is 21.5. The van der Waals surface area contributed by atoms with Crippen molar-refractivity contribution in [3.63, 3.8) is 0 Å². The lowest BCUT2D eigenvalue weighted by Gasteiger charge is -2.42. The number of nitrogens with zero attached hydrogens (tertiary/aromatic N) is 3. The molecule has 6 nitrogen and oxygen atoms in total. The minimum atomic E-state index is -0.246. The standard InChI is InChI=1S/C24H37N4O2/c1-3-20-7-5-19(17-21(20)4-2)6-8-24(30)28-15-13-27(14-16-28)22-9-11-26(12-10-22)18-23(25)29/h5,7-8,17,22H,3-4,6,9-16,18H2,1-2H3,(H2,25,29). The minimum absolute atomic E-state index is 0.156. The van der Waals surface area contributed by atoms with E-state index >= 15 is 0 Å². The lowest BCUT2D eigenvalue weighted by atomic mass is 9.98. The lowest BCUT2D eigenvalue weighted by Crippen LogP contribution is -2.54. The summed E-state index contributed by atoms with van der Waals surface area (Å²) >= 11 is 0. The number of carbonyl (C=O) groups excluding carboxylic acids is 2. The van der Waals surface area contributed by atoms with Crippen LogP contribution in [0.15, 0.2) is 18.2 Å². The van der Waals surface area contributed by atoms with Crippen LogP contribution in [-0.4, -0.2) is 78.4 Å². The second-order valence-corrected chi connectivity index (χ2v) is 8.55. The Labute approximate surface area is 181 Å². The quantitative estimate of drug-likeness (QED) is 0.704. The van der Waals surface area contributed by atoms with Crippen LogP contribution in [0.2, 0.25) is 0 Å². The number of amides is 2. The van der Waals surface area contributed by atoms with Gasteiger partial charge in [-0.1, -0.05) is 32.0 Å². The van der Waals surface area contributed by atoms with Crippen molar-refractivity contribution in [3.8, 4) is 0 Å². The third-order valence-electron chi connectivity index (χ3n) is 6.62. The molecule has 0 spiro atoms. The number of hydrogen-bond acceptors (Lipinski definition) is 4. The fourth-order valence-corrected chi connectivity index (χ4v) is 4.78. The summed E-state index contributed by atoms with van der Waals surface area (Å²) in [7, 11) is 0. The van der Waals surface area contributed by atoms with E-state index < -0.39 is 0 Å². The Morgan fingerprint density at radius 2 is 1.67 bits per heavy atom. The van der Waals surface area contributed by atoms with E-state index in [1.807, 2.05) is 11.3 Å². The Kier molecular flexibility index (Phi) is 8.28. The maximum Gasteiger partial charge on any atom is 0.231 e. The van der Waals surface area contributed by atoms with Crippen molar-refractivity contribution in [3.05, 3.63) is 41.3 Å². The van der Waals surface area contributed by atoms with Crippen LogP contribution in [0, 0.1) is 6.42 Å². The molecular weight excluding hydrogens is 376 g/mol. The summed E-state index contributed by atoms with van der Waals surface area (Å²) in [6.45, 7) is 10.1. The third kappa shape index (κ3) is 6.05. The topological polar surface area (TPSA) is 69.9 Å². The van der Waals surface area contributed by atoms with E-state index in [-0.39, 0.29) is 11.8 Å². The van der Waals surface area contributed by atoms with Crippen LogP contribution in [-0.2, 0) is 28.9 Å². The Hall–Kier alpha value is -1.92. The van der Waals surface area contributed by atoms with Gasteiger partial charge in [-0.25, -0.2) is 0 Å². The number of nitrogens with two attached hydrogens (primary N) is 1. The van der Waals surface area contributed by atoms with Crippen LogP contribution in [0.25, 0.3) is 0 Å². The van der Waals surface area contributed by atoms with Gasteiger partial charge in [-0.05, 0) is 48.8 Å². The van der Waals surface area contributed by atoms with E-state index in [0.717, 1.165) is 65.0 Å². The molecule has 1 aromatic rings. The second kappa shape index (κ2) is 10.9. The van der Waals surface area contributed by atoms with Gasteiger partial charge in [0.25, 0.3) is 0 Å². The van der Waals surface area contributed by atoms with Gasteiger partial charge in [0.05, 0.1) is 13.0 Å². The van der Waals surface area contributed by atoms with Gasteiger partial charge >= 0.3 is 0 Å². The molecule has 6 heteroatoms. The van der Waals surface area contributed by atoms with Gasteiger partial charge in [0.2, 0.25) is 11.8 Å². The van der Waals surface area contributed by atoms with Gasteiger partial charge in [-0.2, -0.15) is 0 Å². The summed E-state index contributed by atoms with van der Waals surface area (Å²) in [5, 5.41) is 0. The van der Waals surface area contributed by atoms with Crippen molar-refractivity contribution in [1.29, 1.82) is 0 Å². The number of likely N-dealkylation sites (tertiary alicyclic amines) is 1. The van der Waals surface area contributed by atoms with E-state index in [1.54, 1.807) is 0 Å². The zero-order valence-electron chi connectivity index (χ0n) is 18.6. The van der Waals surface area contributed by atoms with E-state index in [2.05, 4.69) is 41.8 Å². The molecule has 165 valence electrons. The predicted octanol–water partition coefficient (Wildman–Crippen LogP) is 1.65. The molecule has 3 rings (SSSR count). The Bertz CT molecular complexity index is 720. The van der Waals surface area contributed by atoms with Crippen LogP contribution in [0.3, 0.4) is 0 Å². The summed E-state index contributed by atoms with van der Waals surface area (Å²) in [5.74, 6) is -0.0902. The highest BCUT2D eigenvalue weighted by atomic mass is 16.2. The highest BCUT2D eigenvalue weighted by molar-refractivity contribution is 5.85. The van der Waals surface area contributed by atoms with Crippen molar-refractivity contribution >= 4 is 11.8 Å². The number of carbonyl (C=O) groups is 2. The first-order valence-electron chi connectivity index (χ1n) is 11.5. The summed E-state index contributed by atoms with van der Waals surface area (Å²) in [4.78, 5) is 30.4. The molecule has 2 aliphatic rings. The van der Waals surface area contributed by atoms with Gasteiger partial charge in [0, 0.05) is 45.3 Å². The first kappa shape index (κ1) is 22.8. The Morgan fingerprint density at radius 1 is 1.00 bits per heavy atom. The summed E-state index contributed by atoms with van der Waals surface area (Å²) < 4.78 is 0. The molecule has 2 heterocycles. The highest BCUT2D eigenvalue weighted by Gasteiger charge is 2.29. The maximum atomic E-state index is 12.7. The number of hydrogen-bond donors (Lipinski definition) is 1. The number of piperazine rings is 1. The summed E-state index contributed by atoms with van der Waals surface area (Å²) in [6.07, 6.45) is 6.78.